The number of hydrogen-bond acceptors (Lipinski definition) is 4. The van der Waals surface area contributed by atoms with E-state index in [2.05, 4.69) is 13.8 Å². The molecule has 0 aliphatic rings. The summed E-state index contributed by atoms with van der Waals surface area (Å²) in [6.07, 6.45) is 1.58. The second-order valence-electron chi connectivity index (χ2n) is 6.01. The molecular formula is C18H22O4. The summed E-state index contributed by atoms with van der Waals surface area (Å²) in [6.45, 7) is 4.27. The smallest absolute Gasteiger partial charge is 0.157 e. The van der Waals surface area contributed by atoms with Gasteiger partial charge in [0.05, 0.1) is 0 Å². The van der Waals surface area contributed by atoms with Gasteiger partial charge in [0, 0.05) is 0 Å². The van der Waals surface area contributed by atoms with Crippen LogP contribution in [0.3, 0.4) is 0 Å². The molecule has 0 radical (unpaired) electrons. The van der Waals surface area contributed by atoms with Gasteiger partial charge in [-0.1, -0.05) is 26.0 Å². The fraction of sp³-hybridized carbons (Fsp3) is 0.333. The first-order valence-corrected chi connectivity index (χ1v) is 7.38. The van der Waals surface area contributed by atoms with Crippen molar-refractivity contribution < 1.29 is 20.4 Å². The van der Waals surface area contributed by atoms with Crippen LogP contribution in [0.1, 0.15) is 25.0 Å². The van der Waals surface area contributed by atoms with Crippen LogP contribution in [-0.4, -0.2) is 20.4 Å². The van der Waals surface area contributed by atoms with Crippen LogP contribution in [0.5, 0.6) is 23.0 Å². The normalized spacial score (nSPS) is 13.7. The van der Waals surface area contributed by atoms with Gasteiger partial charge in [-0.15, -0.1) is 0 Å². The molecule has 4 heteroatoms. The number of benzene rings is 2. The zero-order chi connectivity index (χ0) is 16.3. The number of phenols is 4. The zero-order valence-electron chi connectivity index (χ0n) is 12.8. The Morgan fingerprint density at radius 2 is 1.00 bits per heavy atom. The number of aromatic hydroxyl groups is 4. The van der Waals surface area contributed by atoms with Gasteiger partial charge in [-0.2, -0.15) is 0 Å². The molecule has 2 aromatic carbocycles. The molecular weight excluding hydrogens is 280 g/mol. The van der Waals surface area contributed by atoms with E-state index < -0.39 is 0 Å². The molecule has 22 heavy (non-hydrogen) atoms. The maximum absolute atomic E-state index is 9.54. The quantitative estimate of drug-likeness (QED) is 0.637. The molecule has 0 aliphatic carbocycles. The Balaban J connectivity index is 2.00. The zero-order valence-corrected chi connectivity index (χ0v) is 12.8. The lowest BCUT2D eigenvalue weighted by Gasteiger charge is -2.20. The van der Waals surface area contributed by atoms with Crippen LogP contribution in [0.4, 0.5) is 0 Å². The van der Waals surface area contributed by atoms with E-state index in [0.29, 0.717) is 11.8 Å². The third-order valence-electron chi connectivity index (χ3n) is 4.17. The maximum atomic E-state index is 9.54. The van der Waals surface area contributed by atoms with Crippen LogP contribution >= 0.6 is 0 Å². The first kappa shape index (κ1) is 16.0. The van der Waals surface area contributed by atoms with Gasteiger partial charge < -0.3 is 20.4 Å². The van der Waals surface area contributed by atoms with Gasteiger partial charge in [0.25, 0.3) is 0 Å². The Kier molecular flexibility index (Phi) is 4.81. The van der Waals surface area contributed by atoms with Crippen molar-refractivity contribution in [2.24, 2.45) is 11.8 Å². The van der Waals surface area contributed by atoms with Crippen LogP contribution in [0.15, 0.2) is 36.4 Å². The fourth-order valence-corrected chi connectivity index (χ4v) is 2.54. The molecule has 0 saturated carbocycles. The summed E-state index contributed by atoms with van der Waals surface area (Å²) >= 11 is 0. The van der Waals surface area contributed by atoms with Crippen LogP contribution in [0.2, 0.25) is 0 Å². The average Bonchev–Trinajstić information content (AvgIpc) is 2.46. The monoisotopic (exact) mass is 302 g/mol. The van der Waals surface area contributed by atoms with Gasteiger partial charge in [-0.05, 0) is 60.1 Å². The minimum atomic E-state index is -0.107. The minimum absolute atomic E-state index is 0.0965. The molecule has 0 aromatic heterocycles. The van der Waals surface area contributed by atoms with E-state index in [0.717, 1.165) is 24.0 Å². The average molecular weight is 302 g/mol. The summed E-state index contributed by atoms with van der Waals surface area (Å²) in [5.41, 5.74) is 1.95. The molecule has 0 unspecified atom stereocenters. The third-order valence-corrected chi connectivity index (χ3v) is 4.17. The van der Waals surface area contributed by atoms with Crippen molar-refractivity contribution in [3.8, 4) is 23.0 Å². The summed E-state index contributed by atoms with van der Waals surface area (Å²) in [4.78, 5) is 0. The Bertz CT molecular complexity index is 594. The maximum Gasteiger partial charge on any atom is 0.157 e. The van der Waals surface area contributed by atoms with Crippen molar-refractivity contribution in [1.29, 1.82) is 0 Å². The molecule has 4 nitrogen and oxygen atoms in total. The summed E-state index contributed by atoms with van der Waals surface area (Å²) in [5, 5.41) is 37.8. The summed E-state index contributed by atoms with van der Waals surface area (Å²) in [6, 6.07) is 9.80. The Hall–Kier alpha value is -2.36. The standard InChI is InChI=1S/C18H22O4/c1-11(7-13-3-5-15(19)17(21)9-13)12(2)8-14-4-6-16(20)18(22)10-14/h3-6,9-12,19-22H,7-8H2,1-2H3/t11-,12-/m1/s1. The van der Waals surface area contributed by atoms with Crippen molar-refractivity contribution >= 4 is 0 Å². The molecule has 0 bridgehead atoms. The van der Waals surface area contributed by atoms with Crippen LogP contribution in [0.25, 0.3) is 0 Å². The topological polar surface area (TPSA) is 80.9 Å². The van der Waals surface area contributed by atoms with Gasteiger partial charge >= 0.3 is 0 Å². The van der Waals surface area contributed by atoms with Crippen molar-refractivity contribution in [3.05, 3.63) is 47.5 Å². The highest BCUT2D eigenvalue weighted by Crippen LogP contribution is 2.30. The lowest BCUT2D eigenvalue weighted by atomic mass is 9.85. The number of hydrogen-bond donors (Lipinski definition) is 4. The minimum Gasteiger partial charge on any atom is -0.504 e. The van der Waals surface area contributed by atoms with E-state index in [1.807, 2.05) is 12.1 Å². The Labute approximate surface area is 130 Å². The largest absolute Gasteiger partial charge is 0.504 e. The molecule has 0 heterocycles. The summed E-state index contributed by atoms with van der Waals surface area (Å²) in [7, 11) is 0. The van der Waals surface area contributed by atoms with Crippen molar-refractivity contribution in [2.75, 3.05) is 0 Å². The van der Waals surface area contributed by atoms with E-state index in [4.69, 9.17) is 0 Å². The molecule has 118 valence electrons. The summed E-state index contributed by atoms with van der Waals surface area (Å²) < 4.78 is 0. The molecule has 2 aromatic rings. The van der Waals surface area contributed by atoms with Gasteiger partial charge in [-0.3, -0.25) is 0 Å². The molecule has 0 spiro atoms. The van der Waals surface area contributed by atoms with Crippen molar-refractivity contribution in [2.45, 2.75) is 26.7 Å². The highest BCUT2D eigenvalue weighted by molar-refractivity contribution is 5.41. The van der Waals surface area contributed by atoms with Crippen molar-refractivity contribution in [1.82, 2.24) is 0 Å². The van der Waals surface area contributed by atoms with E-state index in [9.17, 15) is 20.4 Å². The fourth-order valence-electron chi connectivity index (χ4n) is 2.54. The third kappa shape index (κ3) is 3.85. The molecule has 2 rings (SSSR count). The predicted molar refractivity (Wildman–Crippen MR) is 85.3 cm³/mol. The first-order valence-electron chi connectivity index (χ1n) is 7.38. The van der Waals surface area contributed by atoms with Gasteiger partial charge in [0.15, 0.2) is 23.0 Å². The molecule has 0 saturated heterocycles. The lowest BCUT2D eigenvalue weighted by molar-refractivity contribution is 0.377. The van der Waals surface area contributed by atoms with Crippen LogP contribution in [0, 0.1) is 11.8 Å². The highest BCUT2D eigenvalue weighted by atomic mass is 16.3. The SMILES string of the molecule is C[C@H](Cc1ccc(O)c(O)c1)[C@H](C)Cc1ccc(O)c(O)c1. The van der Waals surface area contributed by atoms with Crippen LogP contribution < -0.4 is 0 Å². The van der Waals surface area contributed by atoms with E-state index in [-0.39, 0.29) is 23.0 Å². The number of rotatable bonds is 5. The molecule has 2 atom stereocenters. The molecule has 0 amide bonds. The van der Waals surface area contributed by atoms with Gasteiger partial charge in [0.1, 0.15) is 0 Å². The van der Waals surface area contributed by atoms with Gasteiger partial charge in [0.2, 0.25) is 0 Å². The molecule has 0 aliphatic heterocycles. The predicted octanol–water partition coefficient (Wildman–Crippen LogP) is 3.57. The Morgan fingerprint density at radius 1 is 0.636 bits per heavy atom. The lowest BCUT2D eigenvalue weighted by Crippen LogP contribution is -2.13. The second-order valence-corrected chi connectivity index (χ2v) is 6.01. The molecule has 4 N–H and O–H groups in total. The number of phenolic OH excluding ortho intramolecular Hbond substituents is 4. The Morgan fingerprint density at radius 3 is 1.32 bits per heavy atom. The second kappa shape index (κ2) is 6.60. The first-order chi connectivity index (χ1) is 10.4. The highest BCUT2D eigenvalue weighted by Gasteiger charge is 2.15. The van der Waals surface area contributed by atoms with Crippen molar-refractivity contribution in [3.63, 3.8) is 0 Å². The van der Waals surface area contributed by atoms with Gasteiger partial charge in [-0.25, -0.2) is 0 Å². The van der Waals surface area contributed by atoms with E-state index in [1.165, 1.54) is 12.1 Å². The molecule has 0 fully saturated rings. The van der Waals surface area contributed by atoms with E-state index >= 15 is 0 Å². The van der Waals surface area contributed by atoms with Crippen LogP contribution in [-0.2, 0) is 12.8 Å². The van der Waals surface area contributed by atoms with E-state index in [1.54, 1.807) is 12.1 Å². The summed E-state index contributed by atoms with van der Waals surface area (Å²) in [5.74, 6) is 0.314.